The Bertz CT molecular complexity index is 405. The third kappa shape index (κ3) is 2.65. The largest absolute Gasteiger partial charge is 0.478 e. The zero-order chi connectivity index (χ0) is 11.6. The van der Waals surface area contributed by atoms with Crippen LogP contribution in [0.1, 0.15) is 40.1 Å². The summed E-state index contributed by atoms with van der Waals surface area (Å²) >= 11 is 0. The highest BCUT2D eigenvalue weighted by molar-refractivity contribution is 6.00. The van der Waals surface area contributed by atoms with Crippen LogP contribution in [-0.2, 0) is 0 Å². The Hall–Kier alpha value is -1.64. The topological polar surface area (TPSA) is 54.4 Å². The fourth-order valence-corrected chi connectivity index (χ4v) is 1.38. The van der Waals surface area contributed by atoms with Gasteiger partial charge in [0.1, 0.15) is 0 Å². The molecule has 1 aromatic carbocycles. The Morgan fingerprint density at radius 1 is 1.13 bits per heavy atom. The summed E-state index contributed by atoms with van der Waals surface area (Å²) in [6, 6.07) is 4.70. The number of aromatic carboxylic acids is 1. The number of rotatable bonds is 3. The summed E-state index contributed by atoms with van der Waals surface area (Å²) in [5.41, 5.74) is 1.43. The van der Waals surface area contributed by atoms with Crippen LogP contribution in [0.4, 0.5) is 0 Å². The second kappa shape index (κ2) is 4.26. The van der Waals surface area contributed by atoms with E-state index in [1.165, 1.54) is 6.07 Å². The van der Waals surface area contributed by atoms with Gasteiger partial charge in [-0.15, -0.1) is 0 Å². The second-order valence-corrected chi connectivity index (χ2v) is 3.91. The van der Waals surface area contributed by atoms with Gasteiger partial charge in [0.15, 0.2) is 5.78 Å². The van der Waals surface area contributed by atoms with Crippen molar-refractivity contribution >= 4 is 11.8 Å². The molecule has 0 aromatic heterocycles. The van der Waals surface area contributed by atoms with Crippen LogP contribution in [0.15, 0.2) is 18.2 Å². The quantitative estimate of drug-likeness (QED) is 0.773. The summed E-state index contributed by atoms with van der Waals surface area (Å²) in [6.07, 6.45) is 0. The summed E-state index contributed by atoms with van der Waals surface area (Å²) in [7, 11) is 0. The predicted molar refractivity (Wildman–Crippen MR) is 57.3 cm³/mol. The molecular formula is C12H14O3. The molecular weight excluding hydrogens is 192 g/mol. The van der Waals surface area contributed by atoms with Crippen LogP contribution >= 0.6 is 0 Å². The average Bonchev–Trinajstić information content (AvgIpc) is 2.15. The van der Waals surface area contributed by atoms with Gasteiger partial charge in [-0.1, -0.05) is 13.8 Å². The monoisotopic (exact) mass is 206 g/mol. The van der Waals surface area contributed by atoms with Crippen molar-refractivity contribution in [1.29, 1.82) is 0 Å². The number of Topliss-reactive ketones (excluding diaryl/α,β-unsaturated/α-hetero) is 1. The first-order valence-corrected chi connectivity index (χ1v) is 4.81. The molecule has 0 radical (unpaired) electrons. The van der Waals surface area contributed by atoms with Gasteiger partial charge < -0.3 is 5.11 Å². The van der Waals surface area contributed by atoms with Crippen molar-refractivity contribution in [2.75, 3.05) is 0 Å². The van der Waals surface area contributed by atoms with E-state index in [0.29, 0.717) is 5.56 Å². The van der Waals surface area contributed by atoms with E-state index in [2.05, 4.69) is 0 Å². The number of carbonyl (C=O) groups excluding carboxylic acids is 1. The van der Waals surface area contributed by atoms with E-state index in [1.54, 1.807) is 32.9 Å². The standard InChI is InChI=1S/C12H14O3/c1-7(2)11(13)9-4-8(3)5-10(6-9)12(14)15/h4-7H,1-3H3,(H,14,15). The molecule has 0 unspecified atom stereocenters. The molecule has 0 saturated heterocycles. The third-order valence-corrected chi connectivity index (χ3v) is 2.13. The molecule has 0 bridgehead atoms. The van der Waals surface area contributed by atoms with Crippen LogP contribution in [0.5, 0.6) is 0 Å². The van der Waals surface area contributed by atoms with Gasteiger partial charge in [-0.05, 0) is 30.7 Å². The first-order valence-electron chi connectivity index (χ1n) is 4.81. The van der Waals surface area contributed by atoms with Gasteiger partial charge in [0.05, 0.1) is 5.56 Å². The molecule has 0 amide bonds. The highest BCUT2D eigenvalue weighted by Crippen LogP contribution is 2.14. The number of carboxylic acid groups (broad SMARTS) is 1. The number of ketones is 1. The molecule has 1 rings (SSSR count). The van der Waals surface area contributed by atoms with Crippen molar-refractivity contribution in [2.45, 2.75) is 20.8 Å². The molecule has 3 heteroatoms. The molecule has 0 heterocycles. The lowest BCUT2D eigenvalue weighted by molar-refractivity contribution is 0.0696. The lowest BCUT2D eigenvalue weighted by Crippen LogP contribution is -2.09. The SMILES string of the molecule is Cc1cc(C(=O)O)cc(C(=O)C(C)C)c1. The fraction of sp³-hybridized carbons (Fsp3) is 0.333. The first-order chi connectivity index (χ1) is 6.91. The zero-order valence-corrected chi connectivity index (χ0v) is 9.07. The van der Waals surface area contributed by atoms with Gasteiger partial charge in [-0.2, -0.15) is 0 Å². The molecule has 1 aromatic rings. The number of hydrogen-bond donors (Lipinski definition) is 1. The molecule has 0 aliphatic rings. The van der Waals surface area contributed by atoms with E-state index in [0.717, 1.165) is 5.56 Å². The Balaban J connectivity index is 3.20. The maximum Gasteiger partial charge on any atom is 0.335 e. The lowest BCUT2D eigenvalue weighted by atomic mass is 9.97. The Kier molecular flexibility index (Phi) is 3.24. The first kappa shape index (κ1) is 11.4. The van der Waals surface area contributed by atoms with Gasteiger partial charge in [0, 0.05) is 11.5 Å². The molecule has 80 valence electrons. The molecule has 0 aliphatic carbocycles. The third-order valence-electron chi connectivity index (χ3n) is 2.13. The van der Waals surface area contributed by atoms with Gasteiger partial charge in [-0.25, -0.2) is 4.79 Å². The van der Waals surface area contributed by atoms with E-state index in [1.807, 2.05) is 0 Å². The molecule has 1 N–H and O–H groups in total. The van der Waals surface area contributed by atoms with Crippen molar-refractivity contribution in [2.24, 2.45) is 5.92 Å². The Morgan fingerprint density at radius 2 is 1.67 bits per heavy atom. The summed E-state index contributed by atoms with van der Waals surface area (Å²) in [4.78, 5) is 22.5. The van der Waals surface area contributed by atoms with Crippen molar-refractivity contribution in [3.8, 4) is 0 Å². The van der Waals surface area contributed by atoms with Crippen molar-refractivity contribution in [3.05, 3.63) is 34.9 Å². The molecule has 3 nitrogen and oxygen atoms in total. The van der Waals surface area contributed by atoms with Gasteiger partial charge >= 0.3 is 5.97 Å². The highest BCUT2D eigenvalue weighted by Gasteiger charge is 2.13. The van der Waals surface area contributed by atoms with Crippen LogP contribution < -0.4 is 0 Å². The van der Waals surface area contributed by atoms with Crippen LogP contribution in [-0.4, -0.2) is 16.9 Å². The molecule has 0 spiro atoms. The molecule has 0 saturated carbocycles. The summed E-state index contributed by atoms with van der Waals surface area (Å²) in [6.45, 7) is 5.37. The number of benzene rings is 1. The van der Waals surface area contributed by atoms with Crippen LogP contribution in [0.3, 0.4) is 0 Å². The number of hydrogen-bond acceptors (Lipinski definition) is 2. The van der Waals surface area contributed by atoms with E-state index < -0.39 is 5.97 Å². The van der Waals surface area contributed by atoms with Gasteiger partial charge in [-0.3, -0.25) is 4.79 Å². The predicted octanol–water partition coefficient (Wildman–Crippen LogP) is 2.53. The molecule has 0 atom stereocenters. The number of aryl methyl sites for hydroxylation is 1. The van der Waals surface area contributed by atoms with Crippen LogP contribution in [0.2, 0.25) is 0 Å². The van der Waals surface area contributed by atoms with Crippen molar-refractivity contribution in [1.82, 2.24) is 0 Å². The Morgan fingerprint density at radius 3 is 2.13 bits per heavy atom. The fourth-order valence-electron chi connectivity index (χ4n) is 1.38. The zero-order valence-electron chi connectivity index (χ0n) is 9.07. The lowest BCUT2D eigenvalue weighted by Gasteiger charge is -2.06. The van der Waals surface area contributed by atoms with Crippen LogP contribution in [0, 0.1) is 12.8 Å². The van der Waals surface area contributed by atoms with Gasteiger partial charge in [0.25, 0.3) is 0 Å². The second-order valence-electron chi connectivity index (χ2n) is 3.91. The summed E-state index contributed by atoms with van der Waals surface area (Å²) in [5, 5.41) is 8.84. The van der Waals surface area contributed by atoms with Crippen molar-refractivity contribution in [3.63, 3.8) is 0 Å². The Labute approximate surface area is 88.7 Å². The van der Waals surface area contributed by atoms with E-state index in [9.17, 15) is 9.59 Å². The minimum Gasteiger partial charge on any atom is -0.478 e. The normalized spacial score (nSPS) is 10.4. The molecule has 0 fully saturated rings. The average molecular weight is 206 g/mol. The maximum atomic E-state index is 11.7. The van der Waals surface area contributed by atoms with Crippen LogP contribution in [0.25, 0.3) is 0 Å². The summed E-state index contributed by atoms with van der Waals surface area (Å²) < 4.78 is 0. The molecule has 0 aliphatic heterocycles. The minimum atomic E-state index is -1.00. The van der Waals surface area contributed by atoms with E-state index in [4.69, 9.17) is 5.11 Å². The van der Waals surface area contributed by atoms with E-state index in [-0.39, 0.29) is 17.3 Å². The van der Waals surface area contributed by atoms with Crippen molar-refractivity contribution < 1.29 is 14.7 Å². The summed E-state index contributed by atoms with van der Waals surface area (Å²) in [5.74, 6) is -1.15. The van der Waals surface area contributed by atoms with Gasteiger partial charge in [0.2, 0.25) is 0 Å². The molecule has 15 heavy (non-hydrogen) atoms. The number of carboxylic acids is 1. The number of carbonyl (C=O) groups is 2. The minimum absolute atomic E-state index is 0.0267. The highest BCUT2D eigenvalue weighted by atomic mass is 16.4. The maximum absolute atomic E-state index is 11.7. The smallest absolute Gasteiger partial charge is 0.335 e. The van der Waals surface area contributed by atoms with E-state index >= 15 is 0 Å².